The summed E-state index contributed by atoms with van der Waals surface area (Å²) in [5, 5.41) is 6.68. The van der Waals surface area contributed by atoms with E-state index in [1.165, 1.54) is 24.0 Å². The van der Waals surface area contributed by atoms with E-state index < -0.39 is 0 Å². The fourth-order valence-electron chi connectivity index (χ4n) is 2.55. The molecular formula is C19H31N3O2. The topological polar surface area (TPSA) is 54.9 Å². The van der Waals surface area contributed by atoms with Crippen molar-refractivity contribution in [2.75, 3.05) is 40.5 Å². The predicted octanol–water partition coefficient (Wildman–Crippen LogP) is 2.53. The molecule has 1 aliphatic carbocycles. The Kier molecular flexibility index (Phi) is 7.89. The summed E-state index contributed by atoms with van der Waals surface area (Å²) in [6.45, 7) is 5.55. The van der Waals surface area contributed by atoms with Crippen molar-refractivity contribution < 1.29 is 9.47 Å². The van der Waals surface area contributed by atoms with Crippen LogP contribution in [0.5, 0.6) is 5.75 Å². The van der Waals surface area contributed by atoms with E-state index >= 15 is 0 Å². The van der Waals surface area contributed by atoms with Crippen molar-refractivity contribution in [3.8, 4) is 5.75 Å². The molecule has 134 valence electrons. The van der Waals surface area contributed by atoms with E-state index in [-0.39, 0.29) is 0 Å². The van der Waals surface area contributed by atoms with E-state index in [1.807, 2.05) is 6.07 Å². The first kappa shape index (κ1) is 18.6. The van der Waals surface area contributed by atoms with Crippen LogP contribution < -0.4 is 15.4 Å². The number of hydrogen-bond acceptors (Lipinski definition) is 3. The number of hydrogen-bond donors (Lipinski definition) is 2. The third kappa shape index (κ3) is 6.79. The van der Waals surface area contributed by atoms with Crippen LogP contribution in [0.2, 0.25) is 0 Å². The number of aryl methyl sites for hydroxylation is 1. The van der Waals surface area contributed by atoms with E-state index in [9.17, 15) is 0 Å². The summed E-state index contributed by atoms with van der Waals surface area (Å²) < 4.78 is 11.1. The number of rotatable bonds is 10. The van der Waals surface area contributed by atoms with Crippen molar-refractivity contribution in [1.29, 1.82) is 0 Å². The summed E-state index contributed by atoms with van der Waals surface area (Å²) >= 11 is 0. The maximum atomic E-state index is 5.63. The van der Waals surface area contributed by atoms with Crippen LogP contribution >= 0.6 is 0 Å². The molecule has 24 heavy (non-hydrogen) atoms. The molecule has 1 fully saturated rings. The van der Waals surface area contributed by atoms with Crippen LogP contribution in [0.3, 0.4) is 0 Å². The molecular weight excluding hydrogens is 302 g/mol. The molecule has 1 aromatic rings. The van der Waals surface area contributed by atoms with Gasteiger partial charge in [-0.25, -0.2) is 0 Å². The fourth-order valence-corrected chi connectivity index (χ4v) is 2.55. The molecule has 0 aromatic heterocycles. The van der Waals surface area contributed by atoms with Crippen LogP contribution in [0, 0.1) is 12.8 Å². The molecule has 0 unspecified atom stereocenters. The van der Waals surface area contributed by atoms with E-state index in [4.69, 9.17) is 9.47 Å². The molecule has 0 amide bonds. The highest BCUT2D eigenvalue weighted by Crippen LogP contribution is 2.28. The molecule has 5 heteroatoms. The van der Waals surface area contributed by atoms with Gasteiger partial charge in [0.2, 0.25) is 0 Å². The van der Waals surface area contributed by atoms with Gasteiger partial charge >= 0.3 is 0 Å². The highest BCUT2D eigenvalue weighted by molar-refractivity contribution is 5.79. The smallest absolute Gasteiger partial charge is 0.190 e. The number of benzene rings is 1. The third-order valence-electron chi connectivity index (χ3n) is 4.15. The van der Waals surface area contributed by atoms with E-state index in [2.05, 4.69) is 34.7 Å². The van der Waals surface area contributed by atoms with Gasteiger partial charge in [0.1, 0.15) is 5.75 Å². The van der Waals surface area contributed by atoms with Gasteiger partial charge in [0, 0.05) is 33.4 Å². The van der Waals surface area contributed by atoms with Gasteiger partial charge in [-0.2, -0.15) is 0 Å². The van der Waals surface area contributed by atoms with Crippen molar-refractivity contribution in [3.05, 3.63) is 29.3 Å². The van der Waals surface area contributed by atoms with Gasteiger partial charge < -0.3 is 20.1 Å². The quantitative estimate of drug-likeness (QED) is 0.392. The lowest BCUT2D eigenvalue weighted by atomic mass is 10.1. The van der Waals surface area contributed by atoms with Gasteiger partial charge in [0.15, 0.2) is 5.96 Å². The Morgan fingerprint density at radius 3 is 2.75 bits per heavy atom. The fraction of sp³-hybridized carbons (Fsp3) is 0.632. The van der Waals surface area contributed by atoms with Gasteiger partial charge in [-0.15, -0.1) is 0 Å². The molecule has 0 spiro atoms. The van der Waals surface area contributed by atoms with E-state index in [0.717, 1.165) is 56.8 Å². The Morgan fingerprint density at radius 2 is 2.04 bits per heavy atom. The van der Waals surface area contributed by atoms with Crippen LogP contribution in [-0.4, -0.2) is 46.4 Å². The van der Waals surface area contributed by atoms with Crippen molar-refractivity contribution >= 4 is 5.96 Å². The average Bonchev–Trinajstić information content (AvgIpc) is 3.40. The summed E-state index contributed by atoms with van der Waals surface area (Å²) in [6, 6.07) is 6.27. The molecule has 0 heterocycles. The summed E-state index contributed by atoms with van der Waals surface area (Å²) in [7, 11) is 3.51. The van der Waals surface area contributed by atoms with Crippen LogP contribution in [0.25, 0.3) is 0 Å². The molecule has 1 aromatic carbocycles. The van der Waals surface area contributed by atoms with Gasteiger partial charge in [-0.1, -0.05) is 17.7 Å². The minimum atomic E-state index is 0.817. The normalized spacial score (nSPS) is 14.5. The molecule has 2 N–H and O–H groups in total. The van der Waals surface area contributed by atoms with E-state index in [0.29, 0.717) is 0 Å². The second-order valence-electron chi connectivity index (χ2n) is 6.36. The van der Waals surface area contributed by atoms with E-state index in [1.54, 1.807) is 14.2 Å². The third-order valence-corrected chi connectivity index (χ3v) is 4.15. The maximum Gasteiger partial charge on any atom is 0.190 e. The first-order chi connectivity index (χ1) is 11.7. The molecule has 0 aliphatic heterocycles. The number of aliphatic imine (C=N–C) groups is 1. The monoisotopic (exact) mass is 333 g/mol. The van der Waals surface area contributed by atoms with Gasteiger partial charge in [0.05, 0.1) is 7.11 Å². The highest BCUT2D eigenvalue weighted by Gasteiger charge is 2.20. The number of methoxy groups -OCH3 is 1. The lowest BCUT2D eigenvalue weighted by Crippen LogP contribution is -2.39. The molecule has 1 saturated carbocycles. The Balaban J connectivity index is 1.61. The van der Waals surface area contributed by atoms with Crippen molar-refractivity contribution in [1.82, 2.24) is 10.6 Å². The minimum Gasteiger partial charge on any atom is -0.496 e. The molecule has 5 nitrogen and oxygen atoms in total. The van der Waals surface area contributed by atoms with Crippen molar-refractivity contribution in [2.24, 2.45) is 10.9 Å². The molecule has 1 aliphatic rings. The summed E-state index contributed by atoms with van der Waals surface area (Å²) in [5.41, 5.74) is 2.47. The second kappa shape index (κ2) is 10.2. The molecule has 0 saturated heterocycles. The van der Waals surface area contributed by atoms with Gasteiger partial charge in [-0.05, 0) is 50.2 Å². The van der Waals surface area contributed by atoms with Crippen LogP contribution in [0.4, 0.5) is 0 Å². The first-order valence-corrected chi connectivity index (χ1v) is 8.88. The van der Waals surface area contributed by atoms with Crippen LogP contribution in [0.15, 0.2) is 23.2 Å². The lowest BCUT2D eigenvalue weighted by molar-refractivity contribution is 0.123. The zero-order valence-electron chi connectivity index (χ0n) is 15.2. The Morgan fingerprint density at radius 1 is 1.25 bits per heavy atom. The predicted molar refractivity (Wildman–Crippen MR) is 99.0 cm³/mol. The van der Waals surface area contributed by atoms with Gasteiger partial charge in [-0.3, -0.25) is 4.99 Å². The van der Waals surface area contributed by atoms with Crippen molar-refractivity contribution in [3.63, 3.8) is 0 Å². The van der Waals surface area contributed by atoms with Gasteiger partial charge in [0.25, 0.3) is 0 Å². The molecule has 0 radical (unpaired) electrons. The minimum absolute atomic E-state index is 0.817. The SMILES string of the molecule is CN=C(NCCCOCC1CC1)NCCc1cc(C)ccc1OC. The zero-order chi connectivity index (χ0) is 17.2. The lowest BCUT2D eigenvalue weighted by Gasteiger charge is -2.13. The largest absolute Gasteiger partial charge is 0.496 e. The Hall–Kier alpha value is -1.75. The number of nitrogens with one attached hydrogen (secondary N) is 2. The summed E-state index contributed by atoms with van der Waals surface area (Å²) in [5.74, 6) is 2.62. The number of nitrogens with zero attached hydrogens (tertiary/aromatic N) is 1. The standard InChI is InChI=1S/C19H31N3O2/c1-15-5-8-18(23-3)17(13-15)9-11-22-19(20-2)21-10-4-12-24-14-16-6-7-16/h5,8,13,16H,4,6-7,9-12,14H2,1-3H3,(H2,20,21,22). The average molecular weight is 333 g/mol. The zero-order valence-corrected chi connectivity index (χ0v) is 15.2. The Bertz CT molecular complexity index is 527. The number of ether oxygens (including phenoxy) is 2. The summed E-state index contributed by atoms with van der Waals surface area (Å²) in [6.07, 6.45) is 4.59. The number of guanidine groups is 1. The second-order valence-corrected chi connectivity index (χ2v) is 6.36. The highest BCUT2D eigenvalue weighted by atomic mass is 16.5. The first-order valence-electron chi connectivity index (χ1n) is 8.88. The maximum absolute atomic E-state index is 5.63. The van der Waals surface area contributed by atoms with Crippen molar-refractivity contribution in [2.45, 2.75) is 32.6 Å². The molecule has 0 bridgehead atoms. The van der Waals surface area contributed by atoms with Crippen LogP contribution in [0.1, 0.15) is 30.4 Å². The Labute approximate surface area is 145 Å². The molecule has 0 atom stereocenters. The summed E-state index contributed by atoms with van der Waals surface area (Å²) in [4.78, 5) is 4.26. The van der Waals surface area contributed by atoms with Crippen LogP contribution in [-0.2, 0) is 11.2 Å². The molecule has 2 rings (SSSR count).